The lowest BCUT2D eigenvalue weighted by atomic mass is 9.85. The van der Waals surface area contributed by atoms with Crippen molar-refractivity contribution in [3.05, 3.63) is 82.4 Å². The van der Waals surface area contributed by atoms with Gasteiger partial charge >= 0.3 is 0 Å². The highest BCUT2D eigenvalue weighted by atomic mass is 35.5. The molecule has 1 amide bonds. The highest BCUT2D eigenvalue weighted by molar-refractivity contribution is 7.96. The van der Waals surface area contributed by atoms with Gasteiger partial charge in [0, 0.05) is 42.6 Å². The molecule has 6 nitrogen and oxygen atoms in total. The van der Waals surface area contributed by atoms with Crippen LogP contribution in [0.3, 0.4) is 0 Å². The fourth-order valence-electron chi connectivity index (χ4n) is 6.89. The molecule has 3 aromatic rings. The molecule has 45 heavy (non-hydrogen) atoms. The van der Waals surface area contributed by atoms with Crippen molar-refractivity contribution in [3.63, 3.8) is 0 Å². The van der Waals surface area contributed by atoms with Gasteiger partial charge in [0.2, 0.25) is 5.91 Å². The number of fused-ring (bicyclic) bond motifs is 1. The average molecular weight is 650 g/mol. The van der Waals surface area contributed by atoms with Gasteiger partial charge in [-0.2, -0.15) is 0 Å². The summed E-state index contributed by atoms with van der Waals surface area (Å²) in [6, 6.07) is 20.7. The van der Waals surface area contributed by atoms with E-state index in [0.29, 0.717) is 28.5 Å². The van der Waals surface area contributed by atoms with E-state index in [9.17, 15) is 4.79 Å². The van der Waals surface area contributed by atoms with E-state index >= 15 is 0 Å². The molecule has 1 saturated carbocycles. The Balaban J connectivity index is 1.40. The fraction of sp³-hybridized carbons (Fsp3) is 0.486. The van der Waals surface area contributed by atoms with E-state index in [0.717, 1.165) is 41.9 Å². The van der Waals surface area contributed by atoms with Crippen LogP contribution in [0, 0.1) is 5.92 Å². The Bertz CT molecular complexity index is 1420. The molecule has 242 valence electrons. The SMILES string of the molecule is CC[C@@H](C)Oc1cc2c(cc1OC)CC(=O)N(c1ccc(N(C)CC3CCC(N(CC)SC)CC3)cc1)C2c1ccc(Cl)cc1. The summed E-state index contributed by atoms with van der Waals surface area (Å²) in [7, 11) is 3.83. The molecule has 1 fully saturated rings. The maximum atomic E-state index is 13.9. The van der Waals surface area contributed by atoms with Crippen LogP contribution in [0.4, 0.5) is 11.4 Å². The number of anilines is 2. The first-order chi connectivity index (χ1) is 21.8. The largest absolute Gasteiger partial charge is 0.493 e. The minimum atomic E-state index is -0.327. The van der Waals surface area contributed by atoms with Crippen molar-refractivity contribution in [2.24, 2.45) is 5.92 Å². The molecule has 8 heteroatoms. The van der Waals surface area contributed by atoms with Crippen LogP contribution in [0.1, 0.15) is 75.6 Å². The first-order valence-corrected chi connectivity index (χ1v) is 17.9. The number of hydrogen-bond donors (Lipinski definition) is 0. The van der Waals surface area contributed by atoms with Crippen molar-refractivity contribution >= 4 is 40.8 Å². The normalized spacial score (nSPS) is 20.6. The predicted molar refractivity (Wildman–Crippen MR) is 189 cm³/mol. The van der Waals surface area contributed by atoms with Crippen molar-refractivity contribution in [2.75, 3.05) is 43.3 Å². The Labute approximate surface area is 279 Å². The van der Waals surface area contributed by atoms with Crippen molar-refractivity contribution in [3.8, 4) is 11.5 Å². The summed E-state index contributed by atoms with van der Waals surface area (Å²) in [5.41, 5.74) is 5.03. The van der Waals surface area contributed by atoms with Crippen molar-refractivity contribution in [1.29, 1.82) is 0 Å². The average Bonchev–Trinajstić information content (AvgIpc) is 3.06. The quantitative estimate of drug-likeness (QED) is 0.183. The number of amides is 1. The lowest BCUT2D eigenvalue weighted by Crippen LogP contribution is -2.41. The zero-order valence-corrected chi connectivity index (χ0v) is 29.2. The van der Waals surface area contributed by atoms with E-state index in [2.05, 4.69) is 73.6 Å². The summed E-state index contributed by atoms with van der Waals surface area (Å²) in [5.74, 6) is 2.09. The second-order valence-electron chi connectivity index (χ2n) is 12.4. The smallest absolute Gasteiger partial charge is 0.232 e. The summed E-state index contributed by atoms with van der Waals surface area (Å²) in [5, 5.41) is 0.663. The molecular formula is C37H48ClN3O3S. The number of halogens is 1. The number of nitrogens with zero attached hydrogens (tertiary/aromatic N) is 3. The fourth-order valence-corrected chi connectivity index (χ4v) is 7.78. The standard InChI is InChI=1S/C37H48ClN3O3S/c1-7-25(3)44-35-23-33-28(21-34(35)43-5)22-36(42)41(37(33)27-11-13-29(38)14-12-27)32-19-17-30(18-20-32)39(4)24-26-9-15-31(16-10-26)40(8-2)45-6/h11-14,17-21,23,25-26,31,37H,7-10,15-16,22,24H2,1-6H3/t25-,26?,31?,37?/m1/s1. The molecule has 2 atom stereocenters. The van der Waals surface area contributed by atoms with Gasteiger partial charge in [-0.15, -0.1) is 0 Å². The number of carbonyl (C=O) groups is 1. The Kier molecular flexibility index (Phi) is 11.3. The van der Waals surface area contributed by atoms with Crippen LogP contribution in [0.5, 0.6) is 11.5 Å². The Morgan fingerprint density at radius 2 is 1.69 bits per heavy atom. The van der Waals surface area contributed by atoms with Gasteiger partial charge in [-0.25, -0.2) is 4.31 Å². The Hall–Kier alpha value is -2.87. The van der Waals surface area contributed by atoms with E-state index < -0.39 is 0 Å². The Morgan fingerprint density at radius 1 is 1.00 bits per heavy atom. The van der Waals surface area contributed by atoms with Crippen molar-refractivity contribution < 1.29 is 14.3 Å². The molecule has 0 aromatic heterocycles. The molecule has 1 aliphatic heterocycles. The van der Waals surface area contributed by atoms with E-state index in [1.165, 1.54) is 31.4 Å². The second-order valence-corrected chi connectivity index (χ2v) is 13.7. The predicted octanol–water partition coefficient (Wildman–Crippen LogP) is 8.80. The van der Waals surface area contributed by atoms with Gasteiger partial charge in [-0.05, 0) is 116 Å². The van der Waals surface area contributed by atoms with Gasteiger partial charge in [-0.3, -0.25) is 4.79 Å². The number of carbonyl (C=O) groups excluding carboxylic acids is 1. The van der Waals surface area contributed by atoms with Crippen LogP contribution in [0.25, 0.3) is 0 Å². The molecule has 0 spiro atoms. The maximum absolute atomic E-state index is 13.9. The van der Waals surface area contributed by atoms with Crippen LogP contribution in [-0.4, -0.2) is 55.9 Å². The number of methoxy groups -OCH3 is 1. The van der Waals surface area contributed by atoms with E-state index in [1.807, 2.05) is 47.2 Å². The van der Waals surface area contributed by atoms with Gasteiger partial charge in [0.1, 0.15) is 0 Å². The summed E-state index contributed by atoms with van der Waals surface area (Å²) in [6.07, 6.45) is 8.47. The van der Waals surface area contributed by atoms with Crippen LogP contribution in [0.15, 0.2) is 60.7 Å². The summed E-state index contributed by atoms with van der Waals surface area (Å²) >= 11 is 8.18. The first kappa shape index (κ1) is 33.5. The van der Waals surface area contributed by atoms with Gasteiger partial charge in [0.15, 0.2) is 11.5 Å². The van der Waals surface area contributed by atoms with Crippen molar-refractivity contribution in [2.45, 2.75) is 77.5 Å². The summed E-state index contributed by atoms with van der Waals surface area (Å²) in [6.45, 7) is 8.56. The molecule has 0 bridgehead atoms. The highest BCUT2D eigenvalue weighted by Crippen LogP contribution is 2.44. The zero-order chi connectivity index (χ0) is 32.1. The number of hydrogen-bond acceptors (Lipinski definition) is 6. The third-order valence-corrected chi connectivity index (χ3v) is 10.8. The van der Waals surface area contributed by atoms with E-state index in [4.69, 9.17) is 21.1 Å². The number of ether oxygens (including phenoxy) is 2. The molecule has 0 radical (unpaired) electrons. The molecular weight excluding hydrogens is 602 g/mol. The van der Waals surface area contributed by atoms with E-state index in [1.54, 1.807) is 7.11 Å². The van der Waals surface area contributed by atoms with Crippen LogP contribution in [0.2, 0.25) is 5.02 Å². The molecule has 0 saturated heterocycles. The monoisotopic (exact) mass is 649 g/mol. The van der Waals surface area contributed by atoms with Crippen LogP contribution >= 0.6 is 23.5 Å². The minimum absolute atomic E-state index is 0.0354. The molecule has 0 N–H and O–H groups in total. The lowest BCUT2D eigenvalue weighted by Gasteiger charge is -2.38. The zero-order valence-electron chi connectivity index (χ0n) is 27.6. The third kappa shape index (κ3) is 7.58. The third-order valence-electron chi connectivity index (χ3n) is 9.55. The molecule has 1 aliphatic carbocycles. The number of benzene rings is 3. The number of rotatable bonds is 12. The van der Waals surface area contributed by atoms with E-state index in [-0.39, 0.29) is 24.5 Å². The Morgan fingerprint density at radius 3 is 2.29 bits per heavy atom. The van der Waals surface area contributed by atoms with Crippen LogP contribution < -0.4 is 19.3 Å². The van der Waals surface area contributed by atoms with Gasteiger partial charge in [-0.1, -0.05) is 49.5 Å². The van der Waals surface area contributed by atoms with Crippen molar-refractivity contribution in [1.82, 2.24) is 4.31 Å². The molecule has 5 rings (SSSR count). The highest BCUT2D eigenvalue weighted by Gasteiger charge is 2.36. The van der Waals surface area contributed by atoms with Gasteiger partial charge in [0.25, 0.3) is 0 Å². The minimum Gasteiger partial charge on any atom is -0.493 e. The lowest BCUT2D eigenvalue weighted by molar-refractivity contribution is -0.118. The van der Waals surface area contributed by atoms with Gasteiger partial charge < -0.3 is 19.3 Å². The topological polar surface area (TPSA) is 45.3 Å². The molecule has 3 aromatic carbocycles. The molecule has 2 aliphatic rings. The molecule has 1 unspecified atom stereocenters. The summed E-state index contributed by atoms with van der Waals surface area (Å²) in [4.78, 5) is 18.2. The van der Waals surface area contributed by atoms with Crippen LogP contribution in [-0.2, 0) is 11.2 Å². The van der Waals surface area contributed by atoms with Gasteiger partial charge in [0.05, 0.1) is 25.7 Å². The maximum Gasteiger partial charge on any atom is 0.232 e. The molecule has 1 heterocycles. The first-order valence-electron chi connectivity index (χ1n) is 16.3. The summed E-state index contributed by atoms with van der Waals surface area (Å²) < 4.78 is 14.5. The second kappa shape index (κ2) is 15.1.